The number of ether oxygens (including phenoxy) is 2. The van der Waals surface area contributed by atoms with Crippen LogP contribution in [0.3, 0.4) is 0 Å². The van der Waals surface area contributed by atoms with Gasteiger partial charge in [0.1, 0.15) is 6.61 Å². The molecular formula is C16H19NO4. The van der Waals surface area contributed by atoms with Gasteiger partial charge in [-0.3, -0.25) is 9.78 Å². The van der Waals surface area contributed by atoms with Gasteiger partial charge in [-0.1, -0.05) is 18.7 Å². The van der Waals surface area contributed by atoms with Crippen LogP contribution in [0.25, 0.3) is 0 Å². The number of rotatable bonds is 5. The molecule has 1 aromatic heterocycles. The number of carbonyl (C=O) groups is 2. The van der Waals surface area contributed by atoms with Crippen molar-refractivity contribution in [2.24, 2.45) is 0 Å². The van der Waals surface area contributed by atoms with E-state index in [1.165, 1.54) is 12.2 Å². The first-order valence-electron chi connectivity index (χ1n) is 6.69. The molecule has 1 aliphatic heterocycles. The minimum atomic E-state index is -0.625. The number of allylic oxidation sites excluding steroid dienone is 2. The Morgan fingerprint density at radius 3 is 2.57 bits per heavy atom. The van der Waals surface area contributed by atoms with Gasteiger partial charge in [0.2, 0.25) is 0 Å². The molecule has 1 atom stereocenters. The number of nitrogens with zero attached hydrogens (tertiary/aromatic N) is 1. The number of aromatic nitrogens is 1. The lowest BCUT2D eigenvalue weighted by Gasteiger charge is -2.09. The SMILES string of the molecule is C=CC=C(C=O)C(=O)OCC1CCCO1.c1ccncc1. The summed E-state index contributed by atoms with van der Waals surface area (Å²) in [6.45, 7) is 4.32. The first kappa shape index (κ1) is 16.8. The van der Waals surface area contributed by atoms with Crippen LogP contribution in [0.15, 0.2) is 54.9 Å². The quantitative estimate of drug-likeness (QED) is 0.207. The third-order valence-corrected chi connectivity index (χ3v) is 2.65. The molecule has 21 heavy (non-hydrogen) atoms. The number of aldehydes is 1. The van der Waals surface area contributed by atoms with E-state index in [4.69, 9.17) is 9.47 Å². The average molecular weight is 289 g/mol. The largest absolute Gasteiger partial charge is 0.459 e. The number of esters is 1. The topological polar surface area (TPSA) is 65.5 Å². The summed E-state index contributed by atoms with van der Waals surface area (Å²) in [5, 5.41) is 0. The van der Waals surface area contributed by atoms with E-state index >= 15 is 0 Å². The summed E-state index contributed by atoms with van der Waals surface area (Å²) in [6.07, 6.45) is 8.52. The summed E-state index contributed by atoms with van der Waals surface area (Å²) in [5.74, 6) is -0.625. The molecule has 0 aromatic carbocycles. The number of carbonyl (C=O) groups excluding carboxylic acids is 2. The highest BCUT2D eigenvalue weighted by Crippen LogP contribution is 2.12. The van der Waals surface area contributed by atoms with Crippen molar-refractivity contribution in [2.75, 3.05) is 13.2 Å². The zero-order valence-corrected chi connectivity index (χ0v) is 11.8. The summed E-state index contributed by atoms with van der Waals surface area (Å²) >= 11 is 0. The Balaban J connectivity index is 0.000000304. The lowest BCUT2D eigenvalue weighted by molar-refractivity contribution is -0.142. The lowest BCUT2D eigenvalue weighted by atomic mass is 10.2. The number of pyridine rings is 1. The highest BCUT2D eigenvalue weighted by Gasteiger charge is 2.18. The molecule has 1 fully saturated rings. The van der Waals surface area contributed by atoms with Gasteiger partial charge < -0.3 is 9.47 Å². The van der Waals surface area contributed by atoms with Crippen molar-refractivity contribution in [3.05, 3.63) is 54.9 Å². The predicted molar refractivity (Wildman–Crippen MR) is 78.5 cm³/mol. The molecular weight excluding hydrogens is 270 g/mol. The second kappa shape index (κ2) is 10.5. The van der Waals surface area contributed by atoms with Gasteiger partial charge in [-0.15, -0.1) is 0 Å². The van der Waals surface area contributed by atoms with Gasteiger partial charge in [0.25, 0.3) is 0 Å². The van der Waals surface area contributed by atoms with Crippen molar-refractivity contribution in [3.8, 4) is 0 Å². The molecule has 112 valence electrons. The van der Waals surface area contributed by atoms with Crippen molar-refractivity contribution in [2.45, 2.75) is 18.9 Å². The highest BCUT2D eigenvalue weighted by atomic mass is 16.6. The second-order valence-electron chi connectivity index (χ2n) is 4.23. The van der Waals surface area contributed by atoms with Crippen molar-refractivity contribution in [1.82, 2.24) is 4.98 Å². The number of hydrogen-bond donors (Lipinski definition) is 0. The van der Waals surface area contributed by atoms with E-state index in [0.717, 1.165) is 12.8 Å². The molecule has 1 aliphatic rings. The van der Waals surface area contributed by atoms with E-state index in [2.05, 4.69) is 11.6 Å². The summed E-state index contributed by atoms with van der Waals surface area (Å²) in [5.41, 5.74) is -0.0250. The molecule has 1 unspecified atom stereocenters. The van der Waals surface area contributed by atoms with E-state index in [0.29, 0.717) is 12.9 Å². The van der Waals surface area contributed by atoms with Crippen LogP contribution in [0.1, 0.15) is 12.8 Å². The van der Waals surface area contributed by atoms with Crippen LogP contribution in [-0.2, 0) is 19.1 Å². The summed E-state index contributed by atoms with van der Waals surface area (Å²) in [4.78, 5) is 25.6. The second-order valence-corrected chi connectivity index (χ2v) is 4.23. The Labute approximate surface area is 124 Å². The minimum absolute atomic E-state index is 0.0226. The zero-order valence-electron chi connectivity index (χ0n) is 11.8. The first-order chi connectivity index (χ1) is 10.3. The maximum Gasteiger partial charge on any atom is 0.341 e. The zero-order chi connectivity index (χ0) is 15.3. The fraction of sp³-hybridized carbons (Fsp3) is 0.312. The molecule has 5 heteroatoms. The molecule has 0 saturated carbocycles. The molecule has 1 saturated heterocycles. The van der Waals surface area contributed by atoms with Gasteiger partial charge in [0.05, 0.1) is 11.7 Å². The van der Waals surface area contributed by atoms with Crippen LogP contribution in [0.4, 0.5) is 0 Å². The standard InChI is InChI=1S/C11H14O4.C5H5N/c1-2-4-9(7-12)11(13)15-8-10-5-3-6-14-10;1-2-4-6-5-3-1/h2,4,7,10H,1,3,5-6,8H2;1-5H. The van der Waals surface area contributed by atoms with E-state index in [1.807, 2.05) is 18.2 Å². The average Bonchev–Trinajstić information content (AvgIpc) is 3.06. The Morgan fingerprint density at radius 1 is 1.38 bits per heavy atom. The molecule has 0 spiro atoms. The Morgan fingerprint density at radius 2 is 2.14 bits per heavy atom. The van der Waals surface area contributed by atoms with Crippen LogP contribution in [0.2, 0.25) is 0 Å². The highest BCUT2D eigenvalue weighted by molar-refractivity contribution is 6.07. The van der Waals surface area contributed by atoms with Crippen LogP contribution in [0, 0.1) is 0 Å². The summed E-state index contributed by atoms with van der Waals surface area (Å²) in [7, 11) is 0. The van der Waals surface area contributed by atoms with Crippen LogP contribution >= 0.6 is 0 Å². The molecule has 2 heterocycles. The van der Waals surface area contributed by atoms with Gasteiger partial charge in [-0.25, -0.2) is 4.79 Å². The van der Waals surface area contributed by atoms with Crippen LogP contribution in [0.5, 0.6) is 0 Å². The van der Waals surface area contributed by atoms with E-state index in [1.54, 1.807) is 12.4 Å². The lowest BCUT2D eigenvalue weighted by Crippen LogP contribution is -2.19. The third-order valence-electron chi connectivity index (χ3n) is 2.65. The normalized spacial score (nSPS) is 17.3. The predicted octanol–water partition coefficient (Wildman–Crippen LogP) is 2.10. The summed E-state index contributed by atoms with van der Waals surface area (Å²) in [6, 6.07) is 5.72. The Hall–Kier alpha value is -2.27. The van der Waals surface area contributed by atoms with Gasteiger partial charge in [-0.05, 0) is 31.1 Å². The third kappa shape index (κ3) is 7.17. The van der Waals surface area contributed by atoms with Gasteiger partial charge >= 0.3 is 5.97 Å². The van der Waals surface area contributed by atoms with Crippen molar-refractivity contribution < 1.29 is 19.1 Å². The Kier molecular flexibility index (Phi) is 8.40. The van der Waals surface area contributed by atoms with E-state index in [9.17, 15) is 9.59 Å². The van der Waals surface area contributed by atoms with Gasteiger partial charge in [0, 0.05) is 19.0 Å². The molecule has 1 aromatic rings. The van der Waals surface area contributed by atoms with Crippen molar-refractivity contribution >= 4 is 12.3 Å². The number of hydrogen-bond acceptors (Lipinski definition) is 5. The molecule has 0 amide bonds. The molecule has 0 radical (unpaired) electrons. The maximum atomic E-state index is 11.3. The molecule has 0 N–H and O–H groups in total. The fourth-order valence-electron chi connectivity index (χ4n) is 1.62. The first-order valence-corrected chi connectivity index (χ1v) is 6.69. The molecule has 0 aliphatic carbocycles. The van der Waals surface area contributed by atoms with Gasteiger partial charge in [0.15, 0.2) is 6.29 Å². The van der Waals surface area contributed by atoms with Crippen molar-refractivity contribution in [1.29, 1.82) is 0 Å². The molecule has 5 nitrogen and oxygen atoms in total. The fourth-order valence-corrected chi connectivity index (χ4v) is 1.62. The Bertz CT molecular complexity index is 438. The van der Waals surface area contributed by atoms with E-state index in [-0.39, 0.29) is 18.3 Å². The minimum Gasteiger partial charge on any atom is -0.459 e. The van der Waals surface area contributed by atoms with Crippen LogP contribution < -0.4 is 0 Å². The monoisotopic (exact) mass is 289 g/mol. The smallest absolute Gasteiger partial charge is 0.341 e. The van der Waals surface area contributed by atoms with Crippen LogP contribution in [-0.4, -0.2) is 36.6 Å². The van der Waals surface area contributed by atoms with Gasteiger partial charge in [-0.2, -0.15) is 0 Å². The summed E-state index contributed by atoms with van der Waals surface area (Å²) < 4.78 is 10.2. The van der Waals surface area contributed by atoms with Crippen molar-refractivity contribution in [3.63, 3.8) is 0 Å². The van der Waals surface area contributed by atoms with E-state index < -0.39 is 5.97 Å². The maximum absolute atomic E-state index is 11.3. The molecule has 0 bridgehead atoms. The molecule has 2 rings (SSSR count).